The van der Waals surface area contributed by atoms with Gasteiger partial charge in [-0.3, -0.25) is 4.90 Å². The minimum Gasteiger partial charge on any atom is -0.481 e. The van der Waals surface area contributed by atoms with Crippen LogP contribution in [0.5, 0.6) is 5.88 Å². The van der Waals surface area contributed by atoms with Crippen molar-refractivity contribution in [2.75, 3.05) is 13.7 Å². The Balaban J connectivity index is 1.52. The summed E-state index contributed by atoms with van der Waals surface area (Å²) in [5.41, 5.74) is 0.807. The molecule has 0 amide bonds. The Morgan fingerprint density at radius 3 is 3.04 bits per heavy atom. The summed E-state index contributed by atoms with van der Waals surface area (Å²) in [6, 6.07) is 7.67. The highest BCUT2D eigenvalue weighted by atomic mass is 16.5. The highest BCUT2D eigenvalue weighted by molar-refractivity contribution is 5.53. The van der Waals surface area contributed by atoms with Gasteiger partial charge in [-0.15, -0.1) is 0 Å². The number of aromatic nitrogens is 3. The smallest absolute Gasteiger partial charge is 0.244 e. The monoisotopic (exact) mass is 326 g/mol. The van der Waals surface area contributed by atoms with Gasteiger partial charge < -0.3 is 13.7 Å². The van der Waals surface area contributed by atoms with Crippen LogP contribution in [-0.4, -0.2) is 33.7 Å². The fourth-order valence-corrected chi connectivity index (χ4v) is 3.02. The third kappa shape index (κ3) is 2.90. The molecule has 0 saturated carbocycles. The van der Waals surface area contributed by atoms with E-state index in [1.807, 2.05) is 18.2 Å². The number of nitrogens with zero attached hydrogens (tertiary/aromatic N) is 4. The van der Waals surface area contributed by atoms with Gasteiger partial charge in [0.05, 0.1) is 26.0 Å². The van der Waals surface area contributed by atoms with Crippen molar-refractivity contribution in [2.45, 2.75) is 25.4 Å². The highest BCUT2D eigenvalue weighted by Gasteiger charge is 2.31. The van der Waals surface area contributed by atoms with Gasteiger partial charge in [0, 0.05) is 17.8 Å². The standard InChI is InChI=1S/C17H18N4O3/c1-22-15-7-6-12(10-18-15)16-19-17(24-20-16)14-5-2-8-21(14)11-13-4-3-9-23-13/h3-4,6-7,9-10,14H,2,5,8,11H2,1H3. The Labute approximate surface area is 139 Å². The van der Waals surface area contributed by atoms with E-state index in [0.29, 0.717) is 17.6 Å². The maximum atomic E-state index is 5.52. The zero-order valence-electron chi connectivity index (χ0n) is 13.4. The van der Waals surface area contributed by atoms with Gasteiger partial charge in [-0.25, -0.2) is 4.98 Å². The third-order valence-electron chi connectivity index (χ3n) is 4.23. The van der Waals surface area contributed by atoms with Gasteiger partial charge in [0.2, 0.25) is 17.6 Å². The van der Waals surface area contributed by atoms with Crippen LogP contribution in [0.4, 0.5) is 0 Å². The molecule has 3 aromatic heterocycles. The van der Waals surface area contributed by atoms with E-state index >= 15 is 0 Å². The van der Waals surface area contributed by atoms with Crippen molar-refractivity contribution in [1.82, 2.24) is 20.0 Å². The molecule has 1 aliphatic rings. The second kappa shape index (κ2) is 6.45. The molecular weight excluding hydrogens is 308 g/mol. The average Bonchev–Trinajstić information content (AvgIpc) is 3.37. The number of likely N-dealkylation sites (tertiary alicyclic amines) is 1. The molecule has 0 spiro atoms. The largest absolute Gasteiger partial charge is 0.481 e. The van der Waals surface area contributed by atoms with Gasteiger partial charge in [-0.2, -0.15) is 4.98 Å². The molecule has 1 unspecified atom stereocenters. The Morgan fingerprint density at radius 2 is 2.29 bits per heavy atom. The molecule has 0 aliphatic carbocycles. The normalized spacial score (nSPS) is 18.1. The summed E-state index contributed by atoms with van der Waals surface area (Å²) >= 11 is 0. The molecule has 0 bridgehead atoms. The summed E-state index contributed by atoms with van der Waals surface area (Å²) in [6.07, 6.45) is 5.49. The Bertz CT molecular complexity index is 783. The van der Waals surface area contributed by atoms with Gasteiger partial charge in [-0.05, 0) is 37.6 Å². The molecule has 7 nitrogen and oxygen atoms in total. The van der Waals surface area contributed by atoms with Gasteiger partial charge in [0.15, 0.2) is 0 Å². The lowest BCUT2D eigenvalue weighted by Crippen LogP contribution is -2.22. The van der Waals surface area contributed by atoms with Crippen LogP contribution in [0.25, 0.3) is 11.4 Å². The molecule has 0 N–H and O–H groups in total. The van der Waals surface area contributed by atoms with Gasteiger partial charge in [0.25, 0.3) is 0 Å². The summed E-state index contributed by atoms with van der Waals surface area (Å²) in [6.45, 7) is 1.74. The number of pyridine rings is 1. The minimum atomic E-state index is 0.127. The van der Waals surface area contributed by atoms with E-state index in [0.717, 1.165) is 37.3 Å². The number of hydrogen-bond acceptors (Lipinski definition) is 7. The summed E-state index contributed by atoms with van der Waals surface area (Å²) in [5, 5.41) is 4.10. The molecule has 7 heteroatoms. The van der Waals surface area contributed by atoms with Crippen LogP contribution in [-0.2, 0) is 6.54 Å². The fraction of sp³-hybridized carbons (Fsp3) is 0.353. The van der Waals surface area contributed by atoms with Crippen molar-refractivity contribution < 1.29 is 13.7 Å². The molecule has 1 atom stereocenters. The molecule has 0 radical (unpaired) electrons. The molecule has 1 saturated heterocycles. The minimum absolute atomic E-state index is 0.127. The molecule has 4 heterocycles. The quantitative estimate of drug-likeness (QED) is 0.713. The number of rotatable bonds is 5. The van der Waals surface area contributed by atoms with Crippen LogP contribution in [0.1, 0.15) is 30.5 Å². The van der Waals surface area contributed by atoms with Crippen LogP contribution in [0, 0.1) is 0 Å². The van der Waals surface area contributed by atoms with Crippen LogP contribution >= 0.6 is 0 Å². The Kier molecular flexibility index (Phi) is 4.00. The molecule has 3 aromatic rings. The summed E-state index contributed by atoms with van der Waals surface area (Å²) in [4.78, 5) is 11.1. The maximum Gasteiger partial charge on any atom is 0.244 e. The lowest BCUT2D eigenvalue weighted by atomic mass is 10.2. The van der Waals surface area contributed by atoms with Crippen molar-refractivity contribution >= 4 is 0 Å². The summed E-state index contributed by atoms with van der Waals surface area (Å²) in [7, 11) is 1.59. The average molecular weight is 326 g/mol. The number of hydrogen-bond donors (Lipinski definition) is 0. The second-order valence-corrected chi connectivity index (χ2v) is 5.75. The number of ether oxygens (including phenoxy) is 1. The van der Waals surface area contributed by atoms with Crippen molar-refractivity contribution in [2.24, 2.45) is 0 Å². The SMILES string of the molecule is COc1ccc(-c2noc(C3CCCN3Cc3ccco3)n2)cn1. The van der Waals surface area contributed by atoms with Crippen molar-refractivity contribution in [3.63, 3.8) is 0 Å². The van der Waals surface area contributed by atoms with Crippen LogP contribution in [0.3, 0.4) is 0 Å². The molecule has 4 rings (SSSR count). The lowest BCUT2D eigenvalue weighted by molar-refractivity contribution is 0.188. The van der Waals surface area contributed by atoms with Gasteiger partial charge in [-0.1, -0.05) is 5.16 Å². The second-order valence-electron chi connectivity index (χ2n) is 5.75. The van der Waals surface area contributed by atoms with Gasteiger partial charge >= 0.3 is 0 Å². The first kappa shape index (κ1) is 14.9. The van der Waals surface area contributed by atoms with E-state index in [1.165, 1.54) is 0 Å². The Hall–Kier alpha value is -2.67. The first-order valence-corrected chi connectivity index (χ1v) is 7.94. The first-order chi connectivity index (χ1) is 11.8. The predicted octanol–water partition coefficient (Wildman–Crippen LogP) is 3.07. The molecule has 0 aromatic carbocycles. The third-order valence-corrected chi connectivity index (χ3v) is 4.23. The van der Waals surface area contributed by atoms with Crippen LogP contribution in [0.2, 0.25) is 0 Å². The maximum absolute atomic E-state index is 5.52. The first-order valence-electron chi connectivity index (χ1n) is 7.94. The number of methoxy groups -OCH3 is 1. The Morgan fingerprint density at radius 1 is 1.33 bits per heavy atom. The zero-order valence-corrected chi connectivity index (χ0v) is 13.4. The van der Waals surface area contributed by atoms with E-state index in [9.17, 15) is 0 Å². The summed E-state index contributed by atoms with van der Waals surface area (Å²) in [5.74, 6) is 2.69. The summed E-state index contributed by atoms with van der Waals surface area (Å²) < 4.78 is 16.0. The van der Waals surface area contributed by atoms with Gasteiger partial charge in [0.1, 0.15) is 5.76 Å². The van der Waals surface area contributed by atoms with E-state index in [-0.39, 0.29) is 6.04 Å². The van der Waals surface area contributed by atoms with Crippen molar-refractivity contribution in [1.29, 1.82) is 0 Å². The van der Waals surface area contributed by atoms with Crippen molar-refractivity contribution in [3.05, 3.63) is 48.4 Å². The molecule has 1 fully saturated rings. The fourth-order valence-electron chi connectivity index (χ4n) is 3.02. The topological polar surface area (TPSA) is 77.4 Å². The van der Waals surface area contributed by atoms with E-state index in [1.54, 1.807) is 25.6 Å². The zero-order chi connectivity index (χ0) is 16.4. The molecule has 124 valence electrons. The van der Waals surface area contributed by atoms with E-state index in [4.69, 9.17) is 13.7 Å². The van der Waals surface area contributed by atoms with E-state index in [2.05, 4.69) is 20.0 Å². The van der Waals surface area contributed by atoms with Crippen molar-refractivity contribution in [3.8, 4) is 17.3 Å². The van der Waals surface area contributed by atoms with E-state index < -0.39 is 0 Å². The van der Waals surface area contributed by atoms with Crippen LogP contribution < -0.4 is 4.74 Å². The molecule has 1 aliphatic heterocycles. The predicted molar refractivity (Wildman–Crippen MR) is 85.2 cm³/mol. The highest BCUT2D eigenvalue weighted by Crippen LogP contribution is 2.33. The van der Waals surface area contributed by atoms with Crippen LogP contribution in [0.15, 0.2) is 45.7 Å². The lowest BCUT2D eigenvalue weighted by Gasteiger charge is -2.19. The molecular formula is C17H18N4O3. The molecule has 24 heavy (non-hydrogen) atoms. The number of furan rings is 1.